The van der Waals surface area contributed by atoms with Gasteiger partial charge >= 0.3 is 0 Å². The highest BCUT2D eigenvalue weighted by atomic mass is 35.5. The monoisotopic (exact) mass is 316 g/mol. The molecule has 2 nitrogen and oxygen atoms in total. The zero-order chi connectivity index (χ0) is 15.3. The van der Waals surface area contributed by atoms with Crippen molar-refractivity contribution in [3.63, 3.8) is 0 Å². The minimum absolute atomic E-state index is 0.152. The Hall–Kier alpha value is -1.61. The molecule has 2 heterocycles. The minimum atomic E-state index is -0.152. The summed E-state index contributed by atoms with van der Waals surface area (Å²) in [6, 6.07) is 7.27. The van der Waals surface area contributed by atoms with Gasteiger partial charge in [0.1, 0.15) is 5.82 Å². The Labute approximate surface area is 134 Å². The van der Waals surface area contributed by atoms with Crippen molar-refractivity contribution < 1.29 is 4.39 Å². The van der Waals surface area contributed by atoms with Gasteiger partial charge in [0.25, 0.3) is 0 Å². The van der Waals surface area contributed by atoms with Crippen molar-refractivity contribution in [3.8, 4) is 0 Å². The largest absolute Gasteiger partial charge is 0.378 e. The number of hydrogen-bond acceptors (Lipinski definition) is 2. The molecule has 0 spiro atoms. The van der Waals surface area contributed by atoms with Crippen LogP contribution in [0.2, 0.25) is 5.02 Å². The smallest absolute Gasteiger partial charge is 0.123 e. The highest BCUT2D eigenvalue weighted by Crippen LogP contribution is 2.55. The molecule has 4 rings (SSSR count). The van der Waals surface area contributed by atoms with Gasteiger partial charge in [0.15, 0.2) is 0 Å². The number of hydrogen-bond donors (Lipinski definition) is 1. The van der Waals surface area contributed by atoms with Gasteiger partial charge in [0.2, 0.25) is 0 Å². The van der Waals surface area contributed by atoms with E-state index in [9.17, 15) is 4.39 Å². The fraction of sp³-hybridized carbons (Fsp3) is 0.389. The molecular formula is C18H18ClFN2. The molecule has 4 unspecified atom stereocenters. The molecule has 0 amide bonds. The lowest BCUT2D eigenvalue weighted by Gasteiger charge is -2.38. The van der Waals surface area contributed by atoms with Crippen molar-refractivity contribution in [3.05, 3.63) is 58.6 Å². The van der Waals surface area contributed by atoms with Gasteiger partial charge in [0, 0.05) is 18.1 Å². The van der Waals surface area contributed by atoms with E-state index in [1.165, 1.54) is 12.5 Å². The van der Waals surface area contributed by atoms with E-state index in [0.29, 0.717) is 22.8 Å². The third-order valence-electron chi connectivity index (χ3n) is 5.23. The first-order chi connectivity index (χ1) is 10.6. The number of rotatable bonds is 1. The Morgan fingerprint density at radius 3 is 2.91 bits per heavy atom. The summed E-state index contributed by atoms with van der Waals surface area (Å²) >= 11 is 6.12. The van der Waals surface area contributed by atoms with Crippen LogP contribution in [-0.2, 0) is 0 Å². The van der Waals surface area contributed by atoms with Crippen LogP contribution < -0.4 is 5.32 Å². The van der Waals surface area contributed by atoms with Crippen LogP contribution in [0.25, 0.3) is 0 Å². The standard InChI is InChI=1S/C18H18ClFN2/c1-10-2-4-14-17(10)15-7-13(20)3-5-16(15)22-18(14)11-6-12(19)9-21-8-11/h3,5-10,14,17-18,22H,2,4H2,1H3. The van der Waals surface area contributed by atoms with Crippen LogP contribution in [-0.4, -0.2) is 4.98 Å². The number of aromatic nitrogens is 1. The Kier molecular flexibility index (Phi) is 3.33. The molecule has 2 aliphatic rings. The summed E-state index contributed by atoms with van der Waals surface area (Å²) in [6.45, 7) is 2.28. The van der Waals surface area contributed by atoms with Crippen molar-refractivity contribution in [1.82, 2.24) is 4.98 Å². The molecular weight excluding hydrogens is 299 g/mol. The molecule has 114 valence electrons. The average Bonchev–Trinajstić information content (AvgIpc) is 2.89. The number of pyridine rings is 1. The number of halogens is 2. The molecule has 0 saturated heterocycles. The van der Waals surface area contributed by atoms with Crippen LogP contribution in [0.15, 0.2) is 36.7 Å². The van der Waals surface area contributed by atoms with Crippen LogP contribution in [0.1, 0.15) is 42.9 Å². The highest BCUT2D eigenvalue weighted by molar-refractivity contribution is 6.30. The van der Waals surface area contributed by atoms with Crippen molar-refractivity contribution in [2.24, 2.45) is 11.8 Å². The van der Waals surface area contributed by atoms with Crippen molar-refractivity contribution in [1.29, 1.82) is 0 Å². The van der Waals surface area contributed by atoms with Gasteiger partial charge in [-0.1, -0.05) is 18.5 Å². The SMILES string of the molecule is CC1CCC2C(c3cncc(Cl)c3)Nc3ccc(F)cc3C12. The summed E-state index contributed by atoms with van der Waals surface area (Å²) in [7, 11) is 0. The molecule has 1 fully saturated rings. The zero-order valence-corrected chi connectivity index (χ0v) is 13.1. The molecule has 1 saturated carbocycles. The molecule has 1 N–H and O–H groups in total. The lowest BCUT2D eigenvalue weighted by molar-refractivity contribution is 0.371. The van der Waals surface area contributed by atoms with E-state index in [4.69, 9.17) is 11.6 Å². The van der Waals surface area contributed by atoms with Crippen molar-refractivity contribution in [2.45, 2.75) is 31.7 Å². The Morgan fingerprint density at radius 1 is 1.23 bits per heavy atom. The predicted molar refractivity (Wildman–Crippen MR) is 86.6 cm³/mol. The maximum absolute atomic E-state index is 13.7. The third-order valence-corrected chi connectivity index (χ3v) is 5.43. The maximum atomic E-state index is 13.7. The van der Waals surface area contributed by atoms with Gasteiger partial charge in [-0.15, -0.1) is 0 Å². The van der Waals surface area contributed by atoms with Crippen LogP contribution in [0.5, 0.6) is 0 Å². The first-order valence-corrected chi connectivity index (χ1v) is 8.17. The van der Waals surface area contributed by atoms with Gasteiger partial charge in [-0.2, -0.15) is 0 Å². The lowest BCUT2D eigenvalue weighted by Crippen LogP contribution is -2.30. The van der Waals surface area contributed by atoms with Crippen LogP contribution >= 0.6 is 11.6 Å². The van der Waals surface area contributed by atoms with E-state index in [1.54, 1.807) is 12.3 Å². The number of nitrogens with one attached hydrogen (secondary N) is 1. The van der Waals surface area contributed by atoms with Crippen LogP contribution in [0.4, 0.5) is 10.1 Å². The van der Waals surface area contributed by atoms with E-state index < -0.39 is 0 Å². The number of anilines is 1. The quantitative estimate of drug-likeness (QED) is 0.785. The van der Waals surface area contributed by atoms with E-state index >= 15 is 0 Å². The summed E-state index contributed by atoms with van der Waals surface area (Å²) < 4.78 is 13.7. The van der Waals surface area contributed by atoms with Gasteiger partial charge in [-0.3, -0.25) is 4.98 Å². The fourth-order valence-electron chi connectivity index (χ4n) is 4.29. The first-order valence-electron chi connectivity index (χ1n) is 7.80. The summed E-state index contributed by atoms with van der Waals surface area (Å²) in [5.74, 6) is 1.28. The maximum Gasteiger partial charge on any atom is 0.123 e. The third kappa shape index (κ3) is 2.19. The molecule has 1 aromatic heterocycles. The molecule has 22 heavy (non-hydrogen) atoms. The normalized spacial score (nSPS) is 29.6. The number of benzene rings is 1. The predicted octanol–water partition coefficient (Wildman–Crippen LogP) is 5.17. The molecule has 0 radical (unpaired) electrons. The van der Waals surface area contributed by atoms with E-state index in [2.05, 4.69) is 17.2 Å². The Balaban J connectivity index is 1.81. The molecule has 1 aliphatic heterocycles. The van der Waals surface area contributed by atoms with Crippen molar-refractivity contribution in [2.75, 3.05) is 5.32 Å². The summed E-state index contributed by atoms with van der Waals surface area (Å²) in [4.78, 5) is 4.23. The van der Waals surface area contributed by atoms with Gasteiger partial charge in [0.05, 0.1) is 11.1 Å². The number of fused-ring (bicyclic) bond motifs is 3. The van der Waals surface area contributed by atoms with E-state index in [0.717, 1.165) is 23.2 Å². The first kappa shape index (κ1) is 14.0. The Bertz CT molecular complexity index is 718. The molecule has 0 bridgehead atoms. The van der Waals surface area contributed by atoms with Crippen molar-refractivity contribution >= 4 is 17.3 Å². The molecule has 1 aromatic carbocycles. The zero-order valence-electron chi connectivity index (χ0n) is 12.4. The van der Waals surface area contributed by atoms with Crippen LogP contribution in [0.3, 0.4) is 0 Å². The summed E-state index contributed by atoms with van der Waals surface area (Å²) in [6.07, 6.45) is 5.87. The molecule has 4 heteroatoms. The topological polar surface area (TPSA) is 24.9 Å². The molecule has 1 aliphatic carbocycles. The van der Waals surface area contributed by atoms with E-state index in [1.807, 2.05) is 18.3 Å². The van der Waals surface area contributed by atoms with Crippen LogP contribution in [0, 0.1) is 17.7 Å². The summed E-state index contributed by atoms with van der Waals surface area (Å²) in [5.41, 5.74) is 3.29. The average molecular weight is 317 g/mol. The van der Waals surface area contributed by atoms with Gasteiger partial charge < -0.3 is 5.32 Å². The molecule has 4 atom stereocenters. The number of nitrogens with zero attached hydrogens (tertiary/aromatic N) is 1. The molecule has 2 aromatic rings. The fourth-order valence-corrected chi connectivity index (χ4v) is 4.47. The lowest BCUT2D eigenvalue weighted by atomic mass is 9.75. The summed E-state index contributed by atoms with van der Waals surface area (Å²) in [5, 5.41) is 4.25. The van der Waals surface area contributed by atoms with Gasteiger partial charge in [-0.05, 0) is 66.0 Å². The minimum Gasteiger partial charge on any atom is -0.378 e. The second-order valence-corrected chi connectivity index (χ2v) is 6.97. The second kappa shape index (κ2) is 5.24. The van der Waals surface area contributed by atoms with Gasteiger partial charge in [-0.25, -0.2) is 4.39 Å². The second-order valence-electron chi connectivity index (χ2n) is 6.53. The highest BCUT2D eigenvalue weighted by Gasteiger charge is 2.44. The Morgan fingerprint density at radius 2 is 2.09 bits per heavy atom. The van der Waals surface area contributed by atoms with E-state index in [-0.39, 0.29) is 11.9 Å².